The van der Waals surface area contributed by atoms with E-state index in [-0.39, 0.29) is 0 Å². The average molecular weight is 298 g/mol. The number of aromatic nitrogens is 1. The van der Waals surface area contributed by atoms with Crippen LogP contribution in [0, 0.1) is 6.92 Å². The van der Waals surface area contributed by atoms with Gasteiger partial charge in [-0.1, -0.05) is 33.6 Å². The molecular formula is C12H10BrClN2. The molecule has 0 bridgehead atoms. The number of aryl methyl sites for hydroxylation is 1. The molecule has 0 radical (unpaired) electrons. The Bertz CT molecular complexity index is 497. The van der Waals surface area contributed by atoms with Crippen LogP contribution >= 0.6 is 27.5 Å². The van der Waals surface area contributed by atoms with Crippen LogP contribution in [0.1, 0.15) is 5.56 Å². The molecule has 0 atom stereocenters. The van der Waals surface area contributed by atoms with Crippen LogP contribution in [0.3, 0.4) is 0 Å². The van der Waals surface area contributed by atoms with Gasteiger partial charge < -0.3 is 5.32 Å². The lowest BCUT2D eigenvalue weighted by molar-refractivity contribution is 1.30. The summed E-state index contributed by atoms with van der Waals surface area (Å²) < 4.78 is 1.08. The van der Waals surface area contributed by atoms with Gasteiger partial charge in [0.2, 0.25) is 0 Å². The van der Waals surface area contributed by atoms with Crippen LogP contribution in [0.2, 0.25) is 5.02 Å². The van der Waals surface area contributed by atoms with Crippen molar-refractivity contribution in [3.8, 4) is 0 Å². The SMILES string of the molecule is Cc1ccc(Nc2ccc(Cl)cn2)cc1Br. The third-order valence-electron chi connectivity index (χ3n) is 2.17. The minimum absolute atomic E-state index is 0.635. The van der Waals surface area contributed by atoms with E-state index >= 15 is 0 Å². The highest BCUT2D eigenvalue weighted by molar-refractivity contribution is 9.10. The third-order valence-corrected chi connectivity index (χ3v) is 3.25. The standard InChI is InChI=1S/C12H10BrClN2/c1-8-2-4-10(6-11(8)13)16-12-5-3-9(14)7-15-12/h2-7H,1H3,(H,15,16). The molecule has 4 heteroatoms. The Balaban J connectivity index is 2.20. The van der Waals surface area contributed by atoms with Gasteiger partial charge in [0.1, 0.15) is 5.82 Å². The van der Waals surface area contributed by atoms with Gasteiger partial charge in [0.15, 0.2) is 0 Å². The van der Waals surface area contributed by atoms with Gasteiger partial charge in [-0.25, -0.2) is 4.98 Å². The highest BCUT2D eigenvalue weighted by Gasteiger charge is 1.99. The van der Waals surface area contributed by atoms with Crippen LogP contribution in [-0.4, -0.2) is 4.98 Å². The average Bonchev–Trinajstić information content (AvgIpc) is 2.27. The van der Waals surface area contributed by atoms with Crippen molar-refractivity contribution in [3.05, 3.63) is 51.6 Å². The Labute approximate surface area is 108 Å². The van der Waals surface area contributed by atoms with Crippen molar-refractivity contribution in [1.29, 1.82) is 0 Å². The second-order valence-corrected chi connectivity index (χ2v) is 4.74. The molecule has 1 N–H and O–H groups in total. The van der Waals surface area contributed by atoms with Crippen molar-refractivity contribution in [1.82, 2.24) is 4.98 Å². The zero-order chi connectivity index (χ0) is 11.5. The number of hydrogen-bond acceptors (Lipinski definition) is 2. The lowest BCUT2D eigenvalue weighted by Gasteiger charge is -2.07. The molecule has 82 valence electrons. The molecule has 2 nitrogen and oxygen atoms in total. The van der Waals surface area contributed by atoms with E-state index in [1.54, 1.807) is 12.3 Å². The van der Waals surface area contributed by atoms with Crippen molar-refractivity contribution in [3.63, 3.8) is 0 Å². The van der Waals surface area contributed by atoms with Crippen molar-refractivity contribution in [2.45, 2.75) is 6.92 Å². The number of pyridine rings is 1. The Morgan fingerprint density at radius 2 is 2.06 bits per heavy atom. The molecule has 0 saturated heterocycles. The first-order valence-electron chi connectivity index (χ1n) is 4.80. The van der Waals surface area contributed by atoms with E-state index in [0.29, 0.717) is 5.02 Å². The Hall–Kier alpha value is -1.06. The summed E-state index contributed by atoms with van der Waals surface area (Å²) >= 11 is 9.25. The molecule has 1 aromatic carbocycles. The summed E-state index contributed by atoms with van der Waals surface area (Å²) in [5.74, 6) is 0.778. The van der Waals surface area contributed by atoms with E-state index < -0.39 is 0 Å². The van der Waals surface area contributed by atoms with Crippen LogP contribution < -0.4 is 5.32 Å². The molecule has 1 heterocycles. The maximum atomic E-state index is 5.76. The van der Waals surface area contributed by atoms with Crippen LogP contribution in [0.5, 0.6) is 0 Å². The number of rotatable bonds is 2. The molecule has 16 heavy (non-hydrogen) atoms. The van der Waals surface area contributed by atoms with E-state index in [1.807, 2.05) is 24.3 Å². The molecule has 0 aliphatic carbocycles. The molecule has 0 saturated carbocycles. The maximum Gasteiger partial charge on any atom is 0.130 e. The van der Waals surface area contributed by atoms with Gasteiger partial charge in [-0.2, -0.15) is 0 Å². The molecule has 0 spiro atoms. The number of halogens is 2. The van der Waals surface area contributed by atoms with Gasteiger partial charge in [0, 0.05) is 16.4 Å². The predicted molar refractivity (Wildman–Crippen MR) is 71.4 cm³/mol. The largest absolute Gasteiger partial charge is 0.340 e. The minimum Gasteiger partial charge on any atom is -0.340 e. The quantitative estimate of drug-likeness (QED) is 0.879. The van der Waals surface area contributed by atoms with Gasteiger partial charge in [-0.05, 0) is 36.8 Å². The summed E-state index contributed by atoms with van der Waals surface area (Å²) in [7, 11) is 0. The first-order valence-corrected chi connectivity index (χ1v) is 5.97. The third kappa shape index (κ3) is 2.74. The summed E-state index contributed by atoms with van der Waals surface area (Å²) in [4.78, 5) is 4.17. The molecule has 0 aliphatic rings. The lowest BCUT2D eigenvalue weighted by Crippen LogP contribution is -1.93. The van der Waals surface area contributed by atoms with Gasteiger partial charge >= 0.3 is 0 Å². The van der Waals surface area contributed by atoms with Crippen molar-refractivity contribution in [2.24, 2.45) is 0 Å². The summed E-state index contributed by atoms with van der Waals surface area (Å²) in [6, 6.07) is 9.72. The predicted octanol–water partition coefficient (Wildman–Crippen LogP) is 4.55. The normalized spacial score (nSPS) is 10.2. The molecule has 2 rings (SSSR count). The zero-order valence-corrected chi connectivity index (χ0v) is 11.0. The minimum atomic E-state index is 0.635. The molecule has 0 unspecified atom stereocenters. The van der Waals surface area contributed by atoms with Crippen molar-refractivity contribution in [2.75, 3.05) is 5.32 Å². The first-order chi connectivity index (χ1) is 7.65. The number of benzene rings is 1. The smallest absolute Gasteiger partial charge is 0.130 e. The second-order valence-electron chi connectivity index (χ2n) is 3.45. The zero-order valence-electron chi connectivity index (χ0n) is 8.67. The van der Waals surface area contributed by atoms with Crippen molar-refractivity contribution < 1.29 is 0 Å². The van der Waals surface area contributed by atoms with E-state index in [1.165, 1.54) is 5.56 Å². The molecular weight excluding hydrogens is 288 g/mol. The van der Waals surface area contributed by atoms with E-state index in [2.05, 4.69) is 33.2 Å². The second kappa shape index (κ2) is 4.85. The Morgan fingerprint density at radius 3 is 2.69 bits per heavy atom. The Kier molecular flexibility index (Phi) is 3.46. The monoisotopic (exact) mass is 296 g/mol. The highest BCUT2D eigenvalue weighted by Crippen LogP contribution is 2.23. The summed E-state index contributed by atoms with van der Waals surface area (Å²) in [6.07, 6.45) is 1.62. The first kappa shape index (κ1) is 11.4. The highest BCUT2D eigenvalue weighted by atomic mass is 79.9. The maximum absolute atomic E-state index is 5.76. The van der Waals surface area contributed by atoms with Gasteiger partial charge in [0.05, 0.1) is 5.02 Å². The number of hydrogen-bond donors (Lipinski definition) is 1. The number of nitrogens with one attached hydrogen (secondary N) is 1. The number of anilines is 2. The summed E-state index contributed by atoms with van der Waals surface area (Å²) in [6.45, 7) is 2.05. The van der Waals surface area contributed by atoms with Crippen LogP contribution in [0.4, 0.5) is 11.5 Å². The Morgan fingerprint density at radius 1 is 1.25 bits per heavy atom. The van der Waals surface area contributed by atoms with Gasteiger partial charge in [0.25, 0.3) is 0 Å². The fourth-order valence-corrected chi connectivity index (χ4v) is 1.76. The van der Waals surface area contributed by atoms with E-state index in [9.17, 15) is 0 Å². The summed E-state index contributed by atoms with van der Waals surface area (Å²) in [5.41, 5.74) is 2.20. The van der Waals surface area contributed by atoms with Gasteiger partial charge in [-0.3, -0.25) is 0 Å². The summed E-state index contributed by atoms with van der Waals surface area (Å²) in [5, 5.41) is 3.83. The molecule has 0 amide bonds. The van der Waals surface area contributed by atoms with Crippen LogP contribution in [0.15, 0.2) is 41.0 Å². The molecule has 0 fully saturated rings. The lowest BCUT2D eigenvalue weighted by atomic mass is 10.2. The molecule has 2 aromatic rings. The fourth-order valence-electron chi connectivity index (χ4n) is 1.27. The van der Waals surface area contributed by atoms with Crippen LogP contribution in [-0.2, 0) is 0 Å². The van der Waals surface area contributed by atoms with Gasteiger partial charge in [-0.15, -0.1) is 0 Å². The fraction of sp³-hybridized carbons (Fsp3) is 0.0833. The van der Waals surface area contributed by atoms with Crippen molar-refractivity contribution >= 4 is 39.0 Å². The number of nitrogens with zero attached hydrogens (tertiary/aromatic N) is 1. The van der Waals surface area contributed by atoms with Crippen LogP contribution in [0.25, 0.3) is 0 Å². The topological polar surface area (TPSA) is 24.9 Å². The van der Waals surface area contributed by atoms with E-state index in [0.717, 1.165) is 16.0 Å². The van der Waals surface area contributed by atoms with E-state index in [4.69, 9.17) is 11.6 Å². The molecule has 0 aliphatic heterocycles. The molecule has 1 aromatic heterocycles.